The van der Waals surface area contributed by atoms with Crippen molar-refractivity contribution in [2.45, 2.75) is 58.3 Å². The maximum atomic E-state index is 8.25. The summed E-state index contributed by atoms with van der Waals surface area (Å²) in [5.41, 5.74) is 0. The van der Waals surface area contributed by atoms with Crippen molar-refractivity contribution in [3.63, 3.8) is 0 Å². The monoisotopic (exact) mass is 231 g/mol. The van der Waals surface area contributed by atoms with E-state index in [1.165, 1.54) is 57.4 Å². The lowest BCUT2D eigenvalue weighted by atomic mass is 10.1. The molecule has 94 valence electrons. The average molecular weight is 231 g/mol. The van der Waals surface area contributed by atoms with E-state index in [0.29, 0.717) is 0 Å². The van der Waals surface area contributed by atoms with Gasteiger partial charge in [0.15, 0.2) is 0 Å². The highest BCUT2D eigenvalue weighted by Gasteiger charge is 1.88. The molecule has 0 aromatic heterocycles. The van der Waals surface area contributed by atoms with E-state index in [-0.39, 0.29) is 0 Å². The van der Waals surface area contributed by atoms with E-state index in [9.17, 15) is 0 Å². The number of hydrogen-bond acceptors (Lipinski definition) is 1. The van der Waals surface area contributed by atoms with E-state index >= 15 is 0 Å². The first-order valence-electron chi connectivity index (χ1n) is 6.79. The Morgan fingerprint density at radius 1 is 0.824 bits per heavy atom. The first-order chi connectivity index (χ1) is 8.41. The maximum Gasteiger partial charge on any atom is 0.0912 e. The normalized spacial score (nSPS) is 11.8. The standard InChI is InChI=1S/C16H25N/c1-2-3-4-5-6-7-8-9-10-11-12-13-14-15-16-17/h10-15H,2-9H2,1H3/b11-10+,13-12+,15-14+. The van der Waals surface area contributed by atoms with E-state index in [1.807, 2.05) is 18.2 Å². The molecule has 0 aliphatic carbocycles. The van der Waals surface area contributed by atoms with Crippen molar-refractivity contribution in [1.82, 2.24) is 0 Å². The molecule has 0 bridgehead atoms. The zero-order valence-electron chi connectivity index (χ0n) is 11.1. The fourth-order valence-electron chi connectivity index (χ4n) is 1.62. The van der Waals surface area contributed by atoms with Crippen molar-refractivity contribution < 1.29 is 0 Å². The van der Waals surface area contributed by atoms with Crippen LogP contribution in [-0.4, -0.2) is 0 Å². The van der Waals surface area contributed by atoms with Crippen LogP contribution in [0.15, 0.2) is 36.5 Å². The zero-order chi connectivity index (χ0) is 12.6. The Hall–Kier alpha value is -1.29. The Balaban J connectivity index is 3.22. The molecule has 0 aliphatic rings. The van der Waals surface area contributed by atoms with Gasteiger partial charge in [0.1, 0.15) is 0 Å². The molecule has 1 nitrogen and oxygen atoms in total. The molecule has 0 N–H and O–H groups in total. The van der Waals surface area contributed by atoms with Crippen LogP contribution >= 0.6 is 0 Å². The number of unbranched alkanes of at least 4 members (excludes halogenated alkanes) is 7. The highest BCUT2D eigenvalue weighted by Crippen LogP contribution is 2.08. The quantitative estimate of drug-likeness (QED) is 0.283. The minimum atomic E-state index is 1.17. The summed E-state index contributed by atoms with van der Waals surface area (Å²) in [7, 11) is 0. The summed E-state index contributed by atoms with van der Waals surface area (Å²) in [6.07, 6.45) is 22.0. The van der Waals surface area contributed by atoms with E-state index in [0.717, 1.165) is 0 Å². The van der Waals surface area contributed by atoms with Gasteiger partial charge in [-0.3, -0.25) is 0 Å². The molecule has 0 atom stereocenters. The molecule has 0 amide bonds. The van der Waals surface area contributed by atoms with Crippen LogP contribution in [0.2, 0.25) is 0 Å². The third-order valence-corrected chi connectivity index (χ3v) is 2.61. The van der Waals surface area contributed by atoms with Gasteiger partial charge in [0.2, 0.25) is 0 Å². The van der Waals surface area contributed by atoms with Gasteiger partial charge in [-0.05, 0) is 12.8 Å². The van der Waals surface area contributed by atoms with Crippen LogP contribution in [0.1, 0.15) is 58.3 Å². The van der Waals surface area contributed by atoms with Gasteiger partial charge in [0.25, 0.3) is 0 Å². The van der Waals surface area contributed by atoms with Crippen molar-refractivity contribution in [1.29, 1.82) is 5.26 Å². The second kappa shape index (κ2) is 14.7. The molecular weight excluding hydrogens is 206 g/mol. The molecular formula is C16H25N. The lowest BCUT2D eigenvalue weighted by Crippen LogP contribution is -1.78. The largest absolute Gasteiger partial charge is 0.193 e. The number of nitrogens with zero attached hydrogens (tertiary/aromatic N) is 1. The molecule has 0 spiro atoms. The van der Waals surface area contributed by atoms with Crippen LogP contribution in [0, 0.1) is 11.3 Å². The second-order valence-corrected chi connectivity index (χ2v) is 4.21. The lowest BCUT2D eigenvalue weighted by Gasteiger charge is -1.98. The highest BCUT2D eigenvalue weighted by atomic mass is 14.2. The molecule has 0 saturated heterocycles. The van der Waals surface area contributed by atoms with Gasteiger partial charge in [-0.15, -0.1) is 0 Å². The molecule has 0 unspecified atom stereocenters. The van der Waals surface area contributed by atoms with Crippen LogP contribution in [0.5, 0.6) is 0 Å². The molecule has 0 heterocycles. The Bertz CT molecular complexity index is 266. The summed E-state index contributed by atoms with van der Waals surface area (Å²) in [5, 5.41) is 8.25. The van der Waals surface area contributed by atoms with Gasteiger partial charge in [-0.25, -0.2) is 0 Å². The Morgan fingerprint density at radius 3 is 2.18 bits per heavy atom. The van der Waals surface area contributed by atoms with Crippen molar-refractivity contribution in [3.8, 4) is 6.07 Å². The Morgan fingerprint density at radius 2 is 1.47 bits per heavy atom. The summed E-state index contributed by atoms with van der Waals surface area (Å²) in [6, 6.07) is 1.95. The molecule has 0 fully saturated rings. The molecule has 1 heteroatoms. The summed E-state index contributed by atoms with van der Waals surface area (Å²) < 4.78 is 0. The Labute approximate surface area is 107 Å². The van der Waals surface area contributed by atoms with E-state index < -0.39 is 0 Å². The van der Waals surface area contributed by atoms with E-state index in [2.05, 4.69) is 19.1 Å². The molecule has 0 aromatic carbocycles. The summed E-state index contributed by atoms with van der Waals surface area (Å²) in [6.45, 7) is 2.25. The first-order valence-corrected chi connectivity index (χ1v) is 6.79. The third kappa shape index (κ3) is 14.7. The van der Waals surface area contributed by atoms with Crippen molar-refractivity contribution in [2.24, 2.45) is 0 Å². The zero-order valence-corrected chi connectivity index (χ0v) is 11.1. The van der Waals surface area contributed by atoms with Gasteiger partial charge in [-0.1, -0.05) is 75.8 Å². The fourth-order valence-corrected chi connectivity index (χ4v) is 1.62. The van der Waals surface area contributed by atoms with Crippen LogP contribution in [-0.2, 0) is 0 Å². The van der Waals surface area contributed by atoms with Gasteiger partial charge in [0, 0.05) is 6.08 Å². The Kier molecular flexibility index (Phi) is 13.6. The number of hydrogen-bond donors (Lipinski definition) is 0. The topological polar surface area (TPSA) is 23.8 Å². The summed E-state index contributed by atoms with van der Waals surface area (Å²) >= 11 is 0. The SMILES string of the molecule is CCCCCCCCC/C=C/C=C/C=C/C#N. The fraction of sp³-hybridized carbons (Fsp3) is 0.562. The van der Waals surface area contributed by atoms with Gasteiger partial charge < -0.3 is 0 Å². The second-order valence-electron chi connectivity index (χ2n) is 4.21. The number of nitriles is 1. The third-order valence-electron chi connectivity index (χ3n) is 2.61. The van der Waals surface area contributed by atoms with Gasteiger partial charge >= 0.3 is 0 Å². The van der Waals surface area contributed by atoms with Crippen LogP contribution in [0.25, 0.3) is 0 Å². The van der Waals surface area contributed by atoms with Crippen LogP contribution in [0.4, 0.5) is 0 Å². The number of allylic oxidation sites excluding steroid dienone is 6. The molecule has 0 aromatic rings. The first kappa shape index (κ1) is 15.7. The van der Waals surface area contributed by atoms with Crippen molar-refractivity contribution >= 4 is 0 Å². The molecule has 0 saturated carbocycles. The van der Waals surface area contributed by atoms with Crippen LogP contribution < -0.4 is 0 Å². The summed E-state index contributed by atoms with van der Waals surface area (Å²) in [5.74, 6) is 0. The van der Waals surface area contributed by atoms with Gasteiger partial charge in [0.05, 0.1) is 6.07 Å². The van der Waals surface area contributed by atoms with Gasteiger partial charge in [-0.2, -0.15) is 5.26 Å². The predicted molar refractivity (Wildman–Crippen MR) is 75.6 cm³/mol. The highest BCUT2D eigenvalue weighted by molar-refractivity contribution is 5.15. The van der Waals surface area contributed by atoms with E-state index in [1.54, 1.807) is 6.08 Å². The maximum absolute atomic E-state index is 8.25. The molecule has 0 aliphatic heterocycles. The minimum Gasteiger partial charge on any atom is -0.193 e. The number of rotatable bonds is 10. The van der Waals surface area contributed by atoms with E-state index in [4.69, 9.17) is 5.26 Å². The van der Waals surface area contributed by atoms with Crippen molar-refractivity contribution in [2.75, 3.05) is 0 Å². The smallest absolute Gasteiger partial charge is 0.0912 e. The molecule has 0 rings (SSSR count). The van der Waals surface area contributed by atoms with Crippen LogP contribution in [0.3, 0.4) is 0 Å². The predicted octanol–water partition coefficient (Wildman–Crippen LogP) is 5.32. The summed E-state index contributed by atoms with van der Waals surface area (Å²) in [4.78, 5) is 0. The lowest BCUT2D eigenvalue weighted by molar-refractivity contribution is 0.592. The van der Waals surface area contributed by atoms with Crippen molar-refractivity contribution in [3.05, 3.63) is 36.5 Å². The average Bonchev–Trinajstić information content (AvgIpc) is 2.35. The molecule has 0 radical (unpaired) electrons. The minimum absolute atomic E-state index is 1.17. The molecule has 17 heavy (non-hydrogen) atoms.